The van der Waals surface area contributed by atoms with Crippen LogP contribution >= 0.6 is 0 Å². The number of tetrazole rings is 1. The third-order valence-electron chi connectivity index (χ3n) is 4.26. The van der Waals surface area contributed by atoms with Gasteiger partial charge < -0.3 is 9.64 Å². The molecule has 0 unspecified atom stereocenters. The molecule has 0 amide bonds. The third kappa shape index (κ3) is 2.22. The van der Waals surface area contributed by atoms with Gasteiger partial charge in [0.25, 0.3) is 0 Å². The fourth-order valence-corrected chi connectivity index (χ4v) is 3.00. The van der Waals surface area contributed by atoms with Crippen molar-refractivity contribution in [2.24, 2.45) is 5.92 Å². The van der Waals surface area contributed by atoms with Gasteiger partial charge in [0, 0.05) is 12.6 Å². The summed E-state index contributed by atoms with van der Waals surface area (Å²) < 4.78 is 19.5. The van der Waals surface area contributed by atoms with Gasteiger partial charge >= 0.3 is 0 Å². The molecule has 0 bridgehead atoms. The van der Waals surface area contributed by atoms with Crippen LogP contribution in [0.4, 0.5) is 10.1 Å². The summed E-state index contributed by atoms with van der Waals surface area (Å²) in [5.74, 6) is 1.34. The normalized spacial score (nSPS) is 18.0. The van der Waals surface area contributed by atoms with Crippen molar-refractivity contribution in [2.45, 2.75) is 19.3 Å². The Bertz CT molecular complexity index is 641. The number of aromatic amines is 1. The maximum Gasteiger partial charge on any atom is 0.206 e. The van der Waals surface area contributed by atoms with Crippen molar-refractivity contribution < 1.29 is 9.13 Å². The van der Waals surface area contributed by atoms with E-state index in [1.165, 1.54) is 31.4 Å². The zero-order chi connectivity index (χ0) is 14.2. The number of anilines is 1. The molecule has 1 aromatic heterocycles. The Kier molecular flexibility index (Phi) is 2.98. The van der Waals surface area contributed by atoms with Crippen LogP contribution in [0.15, 0.2) is 12.1 Å². The van der Waals surface area contributed by atoms with Crippen LogP contribution < -0.4 is 9.64 Å². The number of fused-ring (bicyclic) bond motifs is 1. The van der Waals surface area contributed by atoms with Crippen LogP contribution in [0.25, 0.3) is 11.4 Å². The molecule has 1 aliphatic heterocycles. The number of H-pyrrole nitrogens is 1. The number of hydrogen-bond donors (Lipinski definition) is 1. The maximum atomic E-state index is 13.8. The summed E-state index contributed by atoms with van der Waals surface area (Å²) in [4.78, 5) is 2.27. The van der Waals surface area contributed by atoms with Gasteiger partial charge in [-0.2, -0.15) is 5.21 Å². The van der Waals surface area contributed by atoms with E-state index in [0.29, 0.717) is 23.7 Å². The molecule has 7 heteroatoms. The Balaban J connectivity index is 1.78. The van der Waals surface area contributed by atoms with Gasteiger partial charge in [-0.05, 0) is 30.0 Å². The van der Waals surface area contributed by atoms with E-state index >= 15 is 0 Å². The van der Waals surface area contributed by atoms with Gasteiger partial charge in [0.1, 0.15) is 18.2 Å². The fourth-order valence-electron chi connectivity index (χ4n) is 3.00. The van der Waals surface area contributed by atoms with Crippen LogP contribution in [0.5, 0.6) is 5.75 Å². The predicted octanol–water partition coefficient (Wildman–Crippen LogP) is 2.00. The molecule has 1 fully saturated rings. The molecule has 2 heterocycles. The Hall–Kier alpha value is -2.18. The van der Waals surface area contributed by atoms with Gasteiger partial charge in [-0.3, -0.25) is 0 Å². The Morgan fingerprint density at radius 3 is 3.00 bits per heavy atom. The molecule has 2 aliphatic rings. The van der Waals surface area contributed by atoms with Gasteiger partial charge in [-0.1, -0.05) is 6.42 Å². The number of benzene rings is 1. The lowest BCUT2D eigenvalue weighted by molar-refractivity contribution is 0.278. The first kappa shape index (κ1) is 12.6. The van der Waals surface area contributed by atoms with Crippen LogP contribution in [0.1, 0.15) is 19.3 Å². The molecule has 0 spiro atoms. The number of nitrogens with one attached hydrogen (secondary N) is 1. The molecule has 1 aromatic carbocycles. The summed E-state index contributed by atoms with van der Waals surface area (Å²) in [6.45, 7) is 2.36. The zero-order valence-corrected chi connectivity index (χ0v) is 11.5. The molecule has 2 aromatic rings. The number of hydrogen-bond acceptors (Lipinski definition) is 5. The van der Waals surface area contributed by atoms with Crippen molar-refractivity contribution in [3.05, 3.63) is 17.9 Å². The van der Waals surface area contributed by atoms with Crippen LogP contribution in [0.3, 0.4) is 0 Å². The first-order chi connectivity index (χ1) is 10.3. The van der Waals surface area contributed by atoms with Crippen LogP contribution in [0.2, 0.25) is 0 Å². The molecular weight excluding hydrogens is 273 g/mol. The summed E-state index contributed by atoms with van der Waals surface area (Å²) in [7, 11) is 0. The monoisotopic (exact) mass is 289 g/mol. The highest BCUT2D eigenvalue weighted by atomic mass is 19.1. The van der Waals surface area contributed by atoms with Crippen LogP contribution in [-0.2, 0) is 0 Å². The van der Waals surface area contributed by atoms with Gasteiger partial charge in [0.15, 0.2) is 0 Å². The van der Waals surface area contributed by atoms with E-state index in [2.05, 4.69) is 25.5 Å². The molecular formula is C14H16FN5O. The molecule has 0 atom stereocenters. The standard InChI is InChI=1S/C14H16FN5O/c15-10-6-11(14-16-18-19-17-14)13-12(7-10)21-5-4-20(13)8-9-2-1-3-9/h6-7,9H,1-5,8H2,(H,16,17,18,19). The fraction of sp³-hybridized carbons (Fsp3) is 0.500. The van der Waals surface area contributed by atoms with Crippen molar-refractivity contribution in [3.63, 3.8) is 0 Å². The SMILES string of the molecule is Fc1cc2c(c(-c3nn[nH]n3)c1)N(CC1CCC1)CCO2. The summed E-state index contributed by atoms with van der Waals surface area (Å²) >= 11 is 0. The summed E-state index contributed by atoms with van der Waals surface area (Å²) in [5.41, 5.74) is 1.52. The van der Waals surface area contributed by atoms with E-state index in [0.717, 1.165) is 24.7 Å². The van der Waals surface area contributed by atoms with Crippen LogP contribution in [0, 0.1) is 11.7 Å². The molecule has 1 saturated carbocycles. The first-order valence-electron chi connectivity index (χ1n) is 7.26. The lowest BCUT2D eigenvalue weighted by Gasteiger charge is -2.37. The number of rotatable bonds is 3. The second-order valence-electron chi connectivity index (χ2n) is 5.63. The Morgan fingerprint density at radius 2 is 2.29 bits per heavy atom. The summed E-state index contributed by atoms with van der Waals surface area (Å²) in [6.07, 6.45) is 3.85. The zero-order valence-electron chi connectivity index (χ0n) is 11.5. The van der Waals surface area contributed by atoms with E-state index in [1.807, 2.05) is 0 Å². The van der Waals surface area contributed by atoms with E-state index < -0.39 is 0 Å². The topological polar surface area (TPSA) is 66.9 Å². The van der Waals surface area contributed by atoms with E-state index in [1.54, 1.807) is 0 Å². The van der Waals surface area contributed by atoms with Crippen molar-refractivity contribution in [1.82, 2.24) is 20.6 Å². The van der Waals surface area contributed by atoms with Crippen molar-refractivity contribution in [2.75, 3.05) is 24.6 Å². The van der Waals surface area contributed by atoms with Crippen molar-refractivity contribution in [1.29, 1.82) is 0 Å². The molecule has 0 radical (unpaired) electrons. The predicted molar refractivity (Wildman–Crippen MR) is 74.6 cm³/mol. The number of halogens is 1. The lowest BCUT2D eigenvalue weighted by atomic mass is 9.85. The summed E-state index contributed by atoms with van der Waals surface area (Å²) in [5, 5.41) is 14.0. The molecule has 1 N–H and O–H groups in total. The van der Waals surface area contributed by atoms with Crippen molar-refractivity contribution >= 4 is 5.69 Å². The average Bonchev–Trinajstić information content (AvgIpc) is 2.95. The average molecular weight is 289 g/mol. The molecule has 1 aliphatic carbocycles. The number of nitrogens with zero attached hydrogens (tertiary/aromatic N) is 4. The third-order valence-corrected chi connectivity index (χ3v) is 4.26. The molecule has 0 saturated heterocycles. The Morgan fingerprint density at radius 1 is 1.38 bits per heavy atom. The number of ether oxygens (including phenoxy) is 1. The van der Waals surface area contributed by atoms with E-state index in [-0.39, 0.29) is 5.82 Å². The minimum Gasteiger partial charge on any atom is -0.489 e. The smallest absolute Gasteiger partial charge is 0.206 e. The highest BCUT2D eigenvalue weighted by molar-refractivity contribution is 5.80. The van der Waals surface area contributed by atoms with Gasteiger partial charge in [-0.15, -0.1) is 10.2 Å². The molecule has 4 rings (SSSR count). The second-order valence-corrected chi connectivity index (χ2v) is 5.63. The second kappa shape index (κ2) is 4.98. The quantitative estimate of drug-likeness (QED) is 0.936. The van der Waals surface area contributed by atoms with Gasteiger partial charge in [-0.25, -0.2) is 4.39 Å². The first-order valence-corrected chi connectivity index (χ1v) is 7.26. The Labute approximate surface area is 121 Å². The molecule has 21 heavy (non-hydrogen) atoms. The van der Waals surface area contributed by atoms with E-state index in [4.69, 9.17) is 4.74 Å². The number of aromatic nitrogens is 4. The highest BCUT2D eigenvalue weighted by Crippen LogP contribution is 2.41. The maximum absolute atomic E-state index is 13.8. The summed E-state index contributed by atoms with van der Waals surface area (Å²) in [6, 6.07) is 2.89. The highest BCUT2D eigenvalue weighted by Gasteiger charge is 2.28. The largest absolute Gasteiger partial charge is 0.489 e. The van der Waals surface area contributed by atoms with Crippen molar-refractivity contribution in [3.8, 4) is 17.1 Å². The lowest BCUT2D eigenvalue weighted by Crippen LogP contribution is -2.38. The van der Waals surface area contributed by atoms with E-state index in [9.17, 15) is 4.39 Å². The van der Waals surface area contributed by atoms with Gasteiger partial charge in [0.2, 0.25) is 5.82 Å². The van der Waals surface area contributed by atoms with Crippen LogP contribution in [-0.4, -0.2) is 40.3 Å². The minimum atomic E-state index is -0.348. The molecule has 6 nitrogen and oxygen atoms in total. The van der Waals surface area contributed by atoms with Gasteiger partial charge in [0.05, 0.1) is 17.8 Å². The molecule has 110 valence electrons. The minimum absolute atomic E-state index is 0.348.